The lowest BCUT2D eigenvalue weighted by molar-refractivity contribution is 0.0205. The molecule has 0 saturated carbocycles. The average Bonchev–Trinajstić information content (AvgIpc) is 2.99. The van der Waals surface area contributed by atoms with Gasteiger partial charge < -0.3 is 19.5 Å². The van der Waals surface area contributed by atoms with Crippen LogP contribution >= 0.6 is 0 Å². The van der Waals surface area contributed by atoms with Gasteiger partial charge >= 0.3 is 0 Å². The normalized spacial score (nSPS) is 25.7. The van der Waals surface area contributed by atoms with E-state index in [-0.39, 0.29) is 11.6 Å². The average molecular weight is 365 g/mol. The van der Waals surface area contributed by atoms with Crippen molar-refractivity contribution < 1.29 is 14.2 Å². The molecule has 142 valence electrons. The minimum Gasteiger partial charge on any atom is -0.493 e. The summed E-state index contributed by atoms with van der Waals surface area (Å²) in [6, 6.07) is 14.7. The molecule has 4 rings (SSSR count). The van der Waals surface area contributed by atoms with Crippen LogP contribution in [0.1, 0.15) is 36.6 Å². The van der Waals surface area contributed by atoms with E-state index in [9.17, 15) is 0 Å². The molecule has 0 spiro atoms. The maximum Gasteiger partial charge on any atom is 0.134 e. The quantitative estimate of drug-likeness (QED) is 0.855. The van der Waals surface area contributed by atoms with Gasteiger partial charge in [0.2, 0.25) is 0 Å². The van der Waals surface area contributed by atoms with Gasteiger partial charge in [0, 0.05) is 30.7 Å². The SMILES string of the molecule is C=C(NC1c2ccccc2OCC1C)c1ccc2c(c1)C[C@@](C)(COC)O2. The Morgan fingerprint density at radius 2 is 2.07 bits per heavy atom. The molecule has 4 nitrogen and oxygen atoms in total. The molecule has 0 radical (unpaired) electrons. The molecule has 2 aliphatic heterocycles. The van der Waals surface area contributed by atoms with Gasteiger partial charge in [0.05, 0.1) is 19.3 Å². The van der Waals surface area contributed by atoms with Gasteiger partial charge in [0.25, 0.3) is 0 Å². The number of methoxy groups -OCH3 is 1. The number of rotatable bonds is 5. The Balaban J connectivity index is 1.54. The maximum absolute atomic E-state index is 6.09. The van der Waals surface area contributed by atoms with Crippen LogP contribution in [0.15, 0.2) is 49.0 Å². The summed E-state index contributed by atoms with van der Waals surface area (Å²) in [5, 5.41) is 3.64. The van der Waals surface area contributed by atoms with Crippen molar-refractivity contribution in [2.75, 3.05) is 20.3 Å². The minimum absolute atomic E-state index is 0.186. The summed E-state index contributed by atoms with van der Waals surface area (Å²) in [7, 11) is 1.71. The summed E-state index contributed by atoms with van der Waals surface area (Å²) in [6.45, 7) is 9.88. The zero-order valence-corrected chi connectivity index (χ0v) is 16.2. The monoisotopic (exact) mass is 365 g/mol. The van der Waals surface area contributed by atoms with E-state index in [1.807, 2.05) is 18.2 Å². The fourth-order valence-electron chi connectivity index (χ4n) is 4.08. The Morgan fingerprint density at radius 1 is 1.26 bits per heavy atom. The molecule has 3 atom stereocenters. The number of hydrogen-bond acceptors (Lipinski definition) is 4. The van der Waals surface area contributed by atoms with E-state index >= 15 is 0 Å². The van der Waals surface area contributed by atoms with Crippen molar-refractivity contribution in [1.29, 1.82) is 0 Å². The van der Waals surface area contributed by atoms with Crippen molar-refractivity contribution in [3.05, 3.63) is 65.7 Å². The summed E-state index contributed by atoms with van der Waals surface area (Å²) in [6.07, 6.45) is 0.841. The lowest BCUT2D eigenvalue weighted by Crippen LogP contribution is -2.35. The van der Waals surface area contributed by atoms with E-state index in [1.165, 1.54) is 11.1 Å². The van der Waals surface area contributed by atoms with Crippen LogP contribution in [0.2, 0.25) is 0 Å². The van der Waals surface area contributed by atoms with Crippen LogP contribution in [0.4, 0.5) is 0 Å². The predicted octanol–water partition coefficient (Wildman–Crippen LogP) is 4.36. The fraction of sp³-hybridized carbons (Fsp3) is 0.391. The van der Waals surface area contributed by atoms with Gasteiger partial charge in [-0.2, -0.15) is 0 Å². The fourth-order valence-corrected chi connectivity index (χ4v) is 4.08. The van der Waals surface area contributed by atoms with Crippen molar-refractivity contribution in [2.24, 2.45) is 5.92 Å². The first kappa shape index (κ1) is 17.9. The van der Waals surface area contributed by atoms with E-state index in [0.29, 0.717) is 19.1 Å². The lowest BCUT2D eigenvalue weighted by Gasteiger charge is -2.33. The van der Waals surface area contributed by atoms with Crippen molar-refractivity contribution >= 4 is 5.70 Å². The third kappa shape index (κ3) is 3.42. The number of para-hydroxylation sites is 1. The molecule has 4 heteroatoms. The number of fused-ring (bicyclic) bond motifs is 2. The van der Waals surface area contributed by atoms with Crippen LogP contribution in [-0.4, -0.2) is 25.9 Å². The zero-order valence-electron chi connectivity index (χ0n) is 16.2. The van der Waals surface area contributed by atoms with Crippen LogP contribution in [0.25, 0.3) is 5.70 Å². The van der Waals surface area contributed by atoms with Gasteiger partial charge in [-0.05, 0) is 42.3 Å². The molecule has 2 aliphatic rings. The van der Waals surface area contributed by atoms with Gasteiger partial charge in [-0.25, -0.2) is 0 Å². The van der Waals surface area contributed by atoms with Gasteiger partial charge in [-0.1, -0.05) is 31.7 Å². The molecule has 27 heavy (non-hydrogen) atoms. The molecular formula is C23H27NO3. The molecule has 2 heterocycles. The summed E-state index contributed by atoms with van der Waals surface area (Å²) in [4.78, 5) is 0. The highest BCUT2D eigenvalue weighted by molar-refractivity contribution is 5.65. The highest BCUT2D eigenvalue weighted by Gasteiger charge is 2.35. The smallest absolute Gasteiger partial charge is 0.134 e. The number of ether oxygens (including phenoxy) is 3. The molecule has 2 unspecified atom stereocenters. The van der Waals surface area contributed by atoms with Crippen LogP contribution in [0.3, 0.4) is 0 Å². The Hall–Kier alpha value is -2.46. The maximum atomic E-state index is 6.09. The van der Waals surface area contributed by atoms with Crippen LogP contribution in [0, 0.1) is 5.92 Å². The first-order valence-corrected chi connectivity index (χ1v) is 9.47. The van der Waals surface area contributed by atoms with E-state index in [1.54, 1.807) is 7.11 Å². The van der Waals surface area contributed by atoms with Crippen molar-refractivity contribution in [2.45, 2.75) is 31.9 Å². The standard InChI is InChI=1S/C23H27NO3/c1-15-13-26-21-8-6-5-7-19(21)22(15)24-16(2)17-9-10-20-18(11-17)12-23(3,27-20)14-25-4/h5-11,15,22,24H,2,12-14H2,1,3-4H3/t15?,22?,23-/m0/s1. The lowest BCUT2D eigenvalue weighted by atomic mass is 9.91. The summed E-state index contributed by atoms with van der Waals surface area (Å²) in [5.74, 6) is 2.26. The van der Waals surface area contributed by atoms with Gasteiger partial charge in [-0.3, -0.25) is 0 Å². The van der Waals surface area contributed by atoms with Crippen LogP contribution < -0.4 is 14.8 Å². The molecule has 0 saturated heterocycles. The molecule has 1 N–H and O–H groups in total. The van der Waals surface area contributed by atoms with Gasteiger partial charge in [0.1, 0.15) is 17.1 Å². The summed E-state index contributed by atoms with van der Waals surface area (Å²) in [5.41, 5.74) is 4.12. The van der Waals surface area contributed by atoms with Gasteiger partial charge in [0.15, 0.2) is 0 Å². The Labute approximate surface area is 161 Å². The highest BCUT2D eigenvalue weighted by atomic mass is 16.5. The Bertz CT molecular complexity index is 862. The number of benzene rings is 2. The molecule has 0 aromatic heterocycles. The molecule has 2 aromatic carbocycles. The molecular weight excluding hydrogens is 338 g/mol. The second-order valence-electron chi connectivity index (χ2n) is 7.91. The molecule has 0 bridgehead atoms. The molecule has 0 aliphatic carbocycles. The minimum atomic E-state index is -0.293. The van der Waals surface area contributed by atoms with Crippen molar-refractivity contribution in [3.63, 3.8) is 0 Å². The Kier molecular flexibility index (Phi) is 4.60. The second-order valence-corrected chi connectivity index (χ2v) is 7.91. The number of hydrogen-bond donors (Lipinski definition) is 1. The first-order valence-electron chi connectivity index (χ1n) is 9.47. The zero-order chi connectivity index (χ0) is 19.0. The van der Waals surface area contributed by atoms with Crippen molar-refractivity contribution in [3.8, 4) is 11.5 Å². The molecule has 0 fully saturated rings. The van der Waals surface area contributed by atoms with E-state index in [2.05, 4.69) is 50.0 Å². The van der Waals surface area contributed by atoms with E-state index < -0.39 is 0 Å². The Morgan fingerprint density at radius 3 is 2.89 bits per heavy atom. The predicted molar refractivity (Wildman–Crippen MR) is 107 cm³/mol. The number of nitrogens with one attached hydrogen (secondary N) is 1. The largest absolute Gasteiger partial charge is 0.493 e. The topological polar surface area (TPSA) is 39.7 Å². The molecule has 0 amide bonds. The van der Waals surface area contributed by atoms with Crippen LogP contribution in [-0.2, 0) is 11.2 Å². The third-order valence-corrected chi connectivity index (χ3v) is 5.43. The molecule has 2 aromatic rings. The van der Waals surface area contributed by atoms with Crippen molar-refractivity contribution in [1.82, 2.24) is 5.32 Å². The first-order chi connectivity index (χ1) is 13.0. The summed E-state index contributed by atoms with van der Waals surface area (Å²) < 4.78 is 17.3. The highest BCUT2D eigenvalue weighted by Crippen LogP contribution is 2.38. The second kappa shape index (κ2) is 6.93. The van der Waals surface area contributed by atoms with Crippen LogP contribution in [0.5, 0.6) is 11.5 Å². The van der Waals surface area contributed by atoms with Gasteiger partial charge in [-0.15, -0.1) is 0 Å². The summed E-state index contributed by atoms with van der Waals surface area (Å²) >= 11 is 0. The van der Waals surface area contributed by atoms with E-state index in [4.69, 9.17) is 14.2 Å². The van der Waals surface area contributed by atoms with E-state index in [0.717, 1.165) is 29.2 Å². The third-order valence-electron chi connectivity index (χ3n) is 5.43.